The van der Waals surface area contributed by atoms with E-state index in [1.165, 1.54) is 5.56 Å². The number of benzene rings is 1. The summed E-state index contributed by atoms with van der Waals surface area (Å²) in [5.41, 5.74) is 1.20. The Morgan fingerprint density at radius 2 is 2.05 bits per heavy atom. The largest absolute Gasteiger partial charge is 0.369 e. The van der Waals surface area contributed by atoms with Gasteiger partial charge in [-0.2, -0.15) is 0 Å². The third kappa shape index (κ3) is 4.20. The number of nitrogens with zero attached hydrogens (tertiary/aromatic N) is 2. The first-order valence-electron chi connectivity index (χ1n) is 6.77. The highest BCUT2D eigenvalue weighted by Gasteiger charge is 2.07. The molecule has 1 unspecified atom stereocenters. The molecule has 5 heteroatoms. The number of halogens is 1. The van der Waals surface area contributed by atoms with Crippen molar-refractivity contribution in [3.05, 3.63) is 46.7 Å². The molecular weight excluding hydrogens is 316 g/mol. The molecule has 0 aliphatic rings. The van der Waals surface area contributed by atoms with Gasteiger partial charge in [0.1, 0.15) is 11.6 Å². The zero-order chi connectivity index (χ0) is 14.4. The van der Waals surface area contributed by atoms with Crippen molar-refractivity contribution in [2.75, 3.05) is 17.2 Å². The lowest BCUT2D eigenvalue weighted by Crippen LogP contribution is -2.10. The number of rotatable bonds is 6. The minimum atomic E-state index is 0.170. The van der Waals surface area contributed by atoms with Crippen LogP contribution >= 0.6 is 15.9 Å². The lowest BCUT2D eigenvalue weighted by Gasteiger charge is -2.15. The van der Waals surface area contributed by atoms with Gasteiger partial charge in [0.2, 0.25) is 0 Å². The molecule has 106 valence electrons. The van der Waals surface area contributed by atoms with E-state index in [-0.39, 0.29) is 6.04 Å². The van der Waals surface area contributed by atoms with Crippen molar-refractivity contribution in [2.24, 2.45) is 0 Å². The second kappa shape index (κ2) is 7.24. The molecule has 0 saturated heterocycles. The first-order valence-corrected chi connectivity index (χ1v) is 7.56. The molecule has 0 aliphatic carbocycles. The maximum Gasteiger partial charge on any atom is 0.147 e. The molecular formula is C15H19BrN4. The van der Waals surface area contributed by atoms with Gasteiger partial charge in [-0.25, -0.2) is 4.98 Å². The van der Waals surface area contributed by atoms with Gasteiger partial charge >= 0.3 is 0 Å². The Labute approximate surface area is 128 Å². The fraction of sp³-hybridized carbons (Fsp3) is 0.333. The van der Waals surface area contributed by atoms with E-state index in [1.807, 2.05) is 12.1 Å². The minimum Gasteiger partial charge on any atom is -0.369 e. The van der Waals surface area contributed by atoms with Gasteiger partial charge < -0.3 is 10.6 Å². The number of aromatic nitrogens is 2. The third-order valence-corrected chi connectivity index (χ3v) is 3.40. The van der Waals surface area contributed by atoms with Crippen molar-refractivity contribution in [2.45, 2.75) is 26.3 Å². The van der Waals surface area contributed by atoms with E-state index in [2.05, 4.69) is 62.5 Å². The van der Waals surface area contributed by atoms with Crippen LogP contribution < -0.4 is 10.6 Å². The van der Waals surface area contributed by atoms with Gasteiger partial charge in [0, 0.05) is 11.0 Å². The molecule has 1 aromatic carbocycles. The highest BCUT2D eigenvalue weighted by atomic mass is 79.9. The normalized spacial score (nSPS) is 11.9. The Morgan fingerprint density at radius 1 is 1.25 bits per heavy atom. The molecule has 20 heavy (non-hydrogen) atoms. The van der Waals surface area contributed by atoms with E-state index in [0.29, 0.717) is 0 Å². The zero-order valence-electron chi connectivity index (χ0n) is 11.7. The van der Waals surface area contributed by atoms with Crippen molar-refractivity contribution in [1.82, 2.24) is 9.97 Å². The number of hydrogen-bond acceptors (Lipinski definition) is 4. The van der Waals surface area contributed by atoms with Crippen LogP contribution in [0.5, 0.6) is 0 Å². The predicted molar refractivity (Wildman–Crippen MR) is 87.0 cm³/mol. The summed E-state index contributed by atoms with van der Waals surface area (Å²) in [6.45, 7) is 5.13. The van der Waals surface area contributed by atoms with Gasteiger partial charge in [0.05, 0.1) is 18.4 Å². The van der Waals surface area contributed by atoms with Crippen LogP contribution in [0.3, 0.4) is 0 Å². The van der Waals surface area contributed by atoms with E-state index < -0.39 is 0 Å². The van der Waals surface area contributed by atoms with Gasteiger partial charge in [-0.15, -0.1) is 0 Å². The highest BCUT2D eigenvalue weighted by Crippen LogP contribution is 2.21. The topological polar surface area (TPSA) is 49.8 Å². The van der Waals surface area contributed by atoms with E-state index in [9.17, 15) is 0 Å². The third-order valence-electron chi connectivity index (χ3n) is 2.90. The molecule has 2 rings (SSSR count). The summed E-state index contributed by atoms with van der Waals surface area (Å²) in [5.74, 6) is 1.58. The average molecular weight is 335 g/mol. The lowest BCUT2D eigenvalue weighted by molar-refractivity contribution is 0.869. The Balaban J connectivity index is 2.05. The van der Waals surface area contributed by atoms with E-state index in [1.54, 1.807) is 12.4 Å². The van der Waals surface area contributed by atoms with Gasteiger partial charge in [0.25, 0.3) is 0 Å². The summed E-state index contributed by atoms with van der Waals surface area (Å²) in [5, 5.41) is 6.60. The molecule has 0 spiro atoms. The molecule has 0 amide bonds. The number of nitrogens with one attached hydrogen (secondary N) is 2. The Bertz CT molecular complexity index is 559. The van der Waals surface area contributed by atoms with Crippen LogP contribution in [0.4, 0.5) is 11.6 Å². The van der Waals surface area contributed by atoms with Crippen LogP contribution in [0.2, 0.25) is 0 Å². The quantitative estimate of drug-likeness (QED) is 0.829. The molecule has 1 aromatic heterocycles. The molecule has 1 heterocycles. The van der Waals surface area contributed by atoms with Gasteiger partial charge in [-0.05, 0) is 31.0 Å². The molecule has 0 saturated carbocycles. The smallest absolute Gasteiger partial charge is 0.147 e. The highest BCUT2D eigenvalue weighted by molar-refractivity contribution is 9.10. The van der Waals surface area contributed by atoms with Crippen LogP contribution in [0.25, 0.3) is 0 Å². The Hall–Kier alpha value is -1.62. The fourth-order valence-corrected chi connectivity index (χ4v) is 2.27. The molecule has 0 bridgehead atoms. The second-order valence-corrected chi connectivity index (χ2v) is 5.55. The minimum absolute atomic E-state index is 0.170. The van der Waals surface area contributed by atoms with Crippen LogP contribution in [0.1, 0.15) is 31.9 Å². The van der Waals surface area contributed by atoms with Crippen molar-refractivity contribution < 1.29 is 0 Å². The molecule has 2 aromatic rings. The van der Waals surface area contributed by atoms with Crippen LogP contribution in [-0.4, -0.2) is 16.5 Å². The van der Waals surface area contributed by atoms with Gasteiger partial charge in [-0.3, -0.25) is 4.98 Å². The van der Waals surface area contributed by atoms with E-state index in [4.69, 9.17) is 0 Å². The van der Waals surface area contributed by atoms with E-state index >= 15 is 0 Å². The SMILES string of the molecule is CCCNc1cncc(NC(C)c2cccc(Br)c2)n1. The maximum atomic E-state index is 4.50. The van der Waals surface area contributed by atoms with Crippen LogP contribution in [-0.2, 0) is 0 Å². The van der Waals surface area contributed by atoms with Crippen LogP contribution in [0.15, 0.2) is 41.1 Å². The molecule has 4 nitrogen and oxygen atoms in total. The zero-order valence-corrected chi connectivity index (χ0v) is 13.3. The number of anilines is 2. The summed E-state index contributed by atoms with van der Waals surface area (Å²) < 4.78 is 1.08. The summed E-state index contributed by atoms with van der Waals surface area (Å²) in [7, 11) is 0. The maximum absolute atomic E-state index is 4.50. The predicted octanol–water partition coefficient (Wildman–Crippen LogP) is 4.23. The molecule has 0 fully saturated rings. The Kier molecular flexibility index (Phi) is 5.35. The van der Waals surface area contributed by atoms with Gasteiger partial charge in [0.15, 0.2) is 0 Å². The average Bonchev–Trinajstić information content (AvgIpc) is 2.45. The van der Waals surface area contributed by atoms with Crippen molar-refractivity contribution in [1.29, 1.82) is 0 Å². The monoisotopic (exact) mass is 334 g/mol. The van der Waals surface area contributed by atoms with Gasteiger partial charge in [-0.1, -0.05) is 35.0 Å². The molecule has 1 atom stereocenters. The number of hydrogen-bond donors (Lipinski definition) is 2. The first-order chi connectivity index (χ1) is 9.69. The molecule has 0 radical (unpaired) electrons. The summed E-state index contributed by atoms with van der Waals surface area (Å²) >= 11 is 3.49. The van der Waals surface area contributed by atoms with Crippen LogP contribution in [0, 0.1) is 0 Å². The molecule has 0 aliphatic heterocycles. The van der Waals surface area contributed by atoms with Crippen molar-refractivity contribution in [3.8, 4) is 0 Å². The fourth-order valence-electron chi connectivity index (χ4n) is 1.85. The van der Waals surface area contributed by atoms with Crippen molar-refractivity contribution in [3.63, 3.8) is 0 Å². The molecule has 2 N–H and O–H groups in total. The van der Waals surface area contributed by atoms with Crippen molar-refractivity contribution >= 4 is 27.6 Å². The summed E-state index contributed by atoms with van der Waals surface area (Å²) in [6, 6.07) is 8.41. The lowest BCUT2D eigenvalue weighted by atomic mass is 10.1. The summed E-state index contributed by atoms with van der Waals surface area (Å²) in [4.78, 5) is 8.71. The summed E-state index contributed by atoms with van der Waals surface area (Å²) in [6.07, 6.45) is 4.55. The Morgan fingerprint density at radius 3 is 2.80 bits per heavy atom. The standard InChI is InChI=1S/C15H19BrN4/c1-3-7-18-14-9-17-10-15(20-14)19-11(2)12-5-4-6-13(16)8-12/h4-6,8-11H,3,7H2,1-2H3,(H2,18,19,20). The first kappa shape index (κ1) is 14.8. The van der Waals surface area contributed by atoms with E-state index in [0.717, 1.165) is 29.1 Å². The second-order valence-electron chi connectivity index (χ2n) is 4.64.